The fourth-order valence-corrected chi connectivity index (χ4v) is 10.9. The van der Waals surface area contributed by atoms with Gasteiger partial charge >= 0.3 is 5.97 Å². The Morgan fingerprint density at radius 3 is 2.65 bits per heavy atom. The number of hydrogen-bond donors (Lipinski definition) is 2. The van der Waals surface area contributed by atoms with Gasteiger partial charge in [-0.2, -0.15) is 0 Å². The van der Waals surface area contributed by atoms with Crippen LogP contribution in [0.1, 0.15) is 80.3 Å². The molecule has 1 aromatic heterocycles. The van der Waals surface area contributed by atoms with Gasteiger partial charge in [-0.3, -0.25) is 19.4 Å². The number of hydrogen-bond acceptors (Lipinski definition) is 8. The number of esters is 1. The number of ether oxygens (including phenoxy) is 1. The minimum absolute atomic E-state index is 0.0120. The molecule has 3 aromatic rings. The molecule has 8 rings (SSSR count). The van der Waals surface area contributed by atoms with Gasteiger partial charge in [-0.15, -0.1) is 0 Å². The van der Waals surface area contributed by atoms with Crippen LogP contribution in [0.4, 0.5) is 4.39 Å². The quantitative estimate of drug-likeness (QED) is 0.264. The van der Waals surface area contributed by atoms with Gasteiger partial charge in [-0.1, -0.05) is 55.8 Å². The molecule has 0 spiro atoms. The highest BCUT2D eigenvalue weighted by Gasteiger charge is 2.75. The molecule has 0 radical (unpaired) electrons. The van der Waals surface area contributed by atoms with Crippen molar-refractivity contribution in [3.63, 3.8) is 0 Å². The number of pyridine rings is 1. The lowest BCUT2D eigenvalue weighted by Crippen LogP contribution is -2.69. The van der Waals surface area contributed by atoms with Gasteiger partial charge in [0.05, 0.1) is 11.7 Å². The lowest BCUT2D eigenvalue weighted by atomic mass is 9.44. The Hall–Kier alpha value is -4.34. The number of aliphatic hydroxyl groups is 2. The van der Waals surface area contributed by atoms with Crippen molar-refractivity contribution in [3.05, 3.63) is 101 Å². The minimum Gasteiger partial charge on any atom is -0.454 e. The highest BCUT2D eigenvalue weighted by atomic mass is 19.1. The van der Waals surface area contributed by atoms with Gasteiger partial charge in [0.2, 0.25) is 5.78 Å². The SMILES string of the molecule is C[C@@H]1C[C@H]2[C@@H]3CCC4=CC(=O)C=C[C@]4(C)[C@@]3(F)[C@@H](O)C[C@]2(C)[C@@]1(O)C(=O)COC(=O)c1cccc([C@@H]2C[C@H]2C(=O)Cc2ccc3cnccc3c2)c1. The zero-order chi connectivity index (χ0) is 36.8. The number of rotatable bonds is 8. The van der Waals surface area contributed by atoms with Crippen LogP contribution in [0.25, 0.3) is 10.8 Å². The number of allylic oxidation sites excluding steroid dienone is 4. The predicted octanol–water partition coefficient (Wildman–Crippen LogP) is 6.22. The van der Waals surface area contributed by atoms with Crippen molar-refractivity contribution < 1.29 is 38.5 Å². The van der Waals surface area contributed by atoms with Gasteiger partial charge in [-0.05, 0) is 104 Å². The molecule has 4 fully saturated rings. The summed E-state index contributed by atoms with van der Waals surface area (Å²) >= 11 is 0. The second kappa shape index (κ2) is 12.1. The number of alkyl halides is 1. The second-order valence-corrected chi connectivity index (χ2v) is 16.4. The van der Waals surface area contributed by atoms with E-state index in [1.54, 1.807) is 57.4 Å². The first kappa shape index (κ1) is 34.7. The monoisotopic (exact) mass is 705 g/mol. The molecule has 4 saturated carbocycles. The van der Waals surface area contributed by atoms with E-state index in [-0.39, 0.29) is 35.4 Å². The Balaban J connectivity index is 0.935. The summed E-state index contributed by atoms with van der Waals surface area (Å²) in [4.78, 5) is 56.7. The molecule has 52 heavy (non-hydrogen) atoms. The third-order valence-corrected chi connectivity index (χ3v) is 13.8. The third kappa shape index (κ3) is 5.02. The Labute approximate surface area is 302 Å². The van der Waals surface area contributed by atoms with Crippen LogP contribution in [0.15, 0.2) is 84.7 Å². The zero-order valence-corrected chi connectivity index (χ0v) is 29.7. The van der Waals surface area contributed by atoms with E-state index in [1.807, 2.05) is 30.3 Å². The van der Waals surface area contributed by atoms with E-state index < -0.39 is 64.3 Å². The van der Waals surface area contributed by atoms with E-state index >= 15 is 4.39 Å². The second-order valence-electron chi connectivity index (χ2n) is 16.4. The number of nitrogens with zero attached hydrogens (tertiary/aromatic N) is 1. The average Bonchev–Trinajstić information content (AvgIpc) is 3.91. The molecule has 5 aliphatic rings. The highest BCUT2D eigenvalue weighted by Crippen LogP contribution is 2.70. The molecule has 2 aromatic carbocycles. The molecule has 2 N–H and O–H groups in total. The first-order chi connectivity index (χ1) is 24.7. The van der Waals surface area contributed by atoms with Crippen molar-refractivity contribution in [2.45, 2.75) is 82.6 Å². The summed E-state index contributed by atoms with van der Waals surface area (Å²) in [5.74, 6) is -3.25. The standard InChI is InChI=1S/C43H44FNO7/c1-24-15-35-34-10-9-30-19-31(46)11-13-40(30,2)42(34,44)37(48)21-41(35,3)43(24,51)38(49)23-52-39(50)28-6-4-5-27(18-28)32-20-33(32)36(47)17-25-7-8-29-22-45-14-12-26(29)16-25/h4-8,11-14,16,18-19,22,24,32-35,37,48,51H,9-10,15,17,20-21,23H2,1-3H3/t24-,32+,33-,34+,35+,37+,40+,41+,42+,43+/m1/s1. The first-order valence-electron chi connectivity index (χ1n) is 18.4. The highest BCUT2D eigenvalue weighted by molar-refractivity contribution is 6.01. The molecule has 1 heterocycles. The Bertz CT molecular complexity index is 2090. The van der Waals surface area contributed by atoms with Gasteiger partial charge in [-0.25, -0.2) is 9.18 Å². The summed E-state index contributed by atoms with van der Waals surface area (Å²) in [6.07, 6.45) is 8.55. The smallest absolute Gasteiger partial charge is 0.338 e. The lowest BCUT2D eigenvalue weighted by molar-refractivity contribution is -0.219. The molecular formula is C43H44FNO7. The van der Waals surface area contributed by atoms with Crippen molar-refractivity contribution in [2.75, 3.05) is 6.61 Å². The summed E-state index contributed by atoms with van der Waals surface area (Å²) in [7, 11) is 0. The Kier molecular flexibility index (Phi) is 8.08. The van der Waals surface area contributed by atoms with Crippen LogP contribution in [0.3, 0.4) is 0 Å². The molecule has 5 aliphatic carbocycles. The van der Waals surface area contributed by atoms with Crippen LogP contribution in [0.2, 0.25) is 0 Å². The summed E-state index contributed by atoms with van der Waals surface area (Å²) in [5.41, 5.74) is -3.67. The summed E-state index contributed by atoms with van der Waals surface area (Å²) in [6.45, 7) is 4.58. The largest absolute Gasteiger partial charge is 0.454 e. The molecule has 0 unspecified atom stereocenters. The fourth-order valence-electron chi connectivity index (χ4n) is 10.9. The van der Waals surface area contributed by atoms with E-state index in [4.69, 9.17) is 4.74 Å². The van der Waals surface area contributed by atoms with Crippen LogP contribution in [0.5, 0.6) is 0 Å². The number of benzene rings is 2. The van der Waals surface area contributed by atoms with Gasteiger partial charge in [0.15, 0.2) is 18.1 Å². The van der Waals surface area contributed by atoms with Crippen molar-refractivity contribution >= 4 is 34.1 Å². The van der Waals surface area contributed by atoms with E-state index in [0.29, 0.717) is 37.7 Å². The lowest BCUT2D eigenvalue weighted by Gasteiger charge is -2.62. The maximum absolute atomic E-state index is 17.5. The number of carbonyl (C=O) groups is 4. The van der Waals surface area contributed by atoms with E-state index in [2.05, 4.69) is 4.98 Å². The number of fused-ring (bicyclic) bond motifs is 6. The molecule has 9 heteroatoms. The number of halogens is 1. The first-order valence-corrected chi connectivity index (χ1v) is 18.4. The van der Waals surface area contributed by atoms with Crippen molar-refractivity contribution in [1.29, 1.82) is 0 Å². The normalized spacial score (nSPS) is 37.4. The summed E-state index contributed by atoms with van der Waals surface area (Å²) in [5, 5.41) is 25.9. The third-order valence-electron chi connectivity index (χ3n) is 13.8. The molecule has 0 aliphatic heterocycles. The molecule has 270 valence electrons. The van der Waals surface area contributed by atoms with Crippen LogP contribution in [0, 0.1) is 34.5 Å². The van der Waals surface area contributed by atoms with Crippen LogP contribution in [-0.2, 0) is 25.5 Å². The van der Waals surface area contributed by atoms with Gasteiger partial charge in [0.25, 0.3) is 0 Å². The topological polar surface area (TPSA) is 131 Å². The molecule has 0 saturated heterocycles. The number of Topliss-reactive ketones (excluding diaryl/α,β-unsaturated/α-hetero) is 2. The maximum Gasteiger partial charge on any atom is 0.338 e. The van der Waals surface area contributed by atoms with Crippen LogP contribution >= 0.6 is 0 Å². The Morgan fingerprint density at radius 1 is 1.04 bits per heavy atom. The predicted molar refractivity (Wildman–Crippen MR) is 191 cm³/mol. The fraction of sp³-hybridized carbons (Fsp3) is 0.465. The average molecular weight is 706 g/mol. The number of aliphatic hydroxyl groups excluding tert-OH is 1. The van der Waals surface area contributed by atoms with E-state index in [9.17, 15) is 29.4 Å². The summed E-state index contributed by atoms with van der Waals surface area (Å²) < 4.78 is 23.0. The van der Waals surface area contributed by atoms with Crippen LogP contribution in [-0.4, -0.2) is 62.5 Å². The Morgan fingerprint density at radius 2 is 1.85 bits per heavy atom. The van der Waals surface area contributed by atoms with E-state index in [0.717, 1.165) is 21.9 Å². The van der Waals surface area contributed by atoms with E-state index in [1.165, 1.54) is 12.2 Å². The molecule has 0 amide bonds. The minimum atomic E-state index is -2.08. The van der Waals surface area contributed by atoms with Crippen LogP contribution < -0.4 is 0 Å². The van der Waals surface area contributed by atoms with Crippen molar-refractivity contribution in [2.24, 2.45) is 34.5 Å². The zero-order valence-electron chi connectivity index (χ0n) is 29.7. The number of carbonyl (C=O) groups excluding carboxylic acids is 4. The van der Waals surface area contributed by atoms with Gasteiger partial charge in [0, 0.05) is 46.9 Å². The number of aromatic nitrogens is 1. The molecule has 0 bridgehead atoms. The maximum atomic E-state index is 17.5. The molecule has 10 atom stereocenters. The molecular weight excluding hydrogens is 661 g/mol. The number of ketones is 3. The summed E-state index contributed by atoms with van der Waals surface area (Å²) in [6, 6.07) is 14.8. The van der Waals surface area contributed by atoms with Crippen molar-refractivity contribution in [3.8, 4) is 0 Å². The molecule has 8 nitrogen and oxygen atoms in total. The van der Waals surface area contributed by atoms with Gasteiger partial charge in [0.1, 0.15) is 11.4 Å². The van der Waals surface area contributed by atoms with Crippen molar-refractivity contribution in [1.82, 2.24) is 4.98 Å². The van der Waals surface area contributed by atoms with Gasteiger partial charge < -0.3 is 14.9 Å².